The second kappa shape index (κ2) is 6.49. The Morgan fingerprint density at radius 2 is 2.21 bits per heavy atom. The van der Waals surface area contributed by atoms with Gasteiger partial charge in [-0.15, -0.1) is 0 Å². The number of piperidine rings is 1. The number of hydrogen-bond acceptors (Lipinski definition) is 3. The zero-order valence-electron chi connectivity index (χ0n) is 12.1. The van der Waals surface area contributed by atoms with E-state index < -0.39 is 0 Å². The minimum Gasteiger partial charge on any atom is -0.383 e. The highest BCUT2D eigenvalue weighted by atomic mass is 35.5. The van der Waals surface area contributed by atoms with Crippen molar-refractivity contribution in [1.29, 1.82) is 0 Å². The Morgan fingerprint density at radius 3 is 2.89 bits per heavy atom. The van der Waals surface area contributed by atoms with E-state index >= 15 is 0 Å². The molecule has 1 aromatic rings. The first-order valence-electron chi connectivity index (χ1n) is 6.95. The maximum atomic E-state index is 6.10. The number of nitrogens with zero attached hydrogens (tertiary/aromatic N) is 2. The first-order chi connectivity index (χ1) is 9.06. The van der Waals surface area contributed by atoms with Crippen LogP contribution in [0.25, 0.3) is 0 Å². The van der Waals surface area contributed by atoms with Crippen molar-refractivity contribution in [2.45, 2.75) is 12.8 Å². The van der Waals surface area contributed by atoms with Gasteiger partial charge >= 0.3 is 0 Å². The number of halogens is 1. The fourth-order valence-corrected chi connectivity index (χ4v) is 2.91. The maximum absolute atomic E-state index is 6.10. The Kier molecular flexibility index (Phi) is 4.94. The van der Waals surface area contributed by atoms with Crippen LogP contribution in [0.15, 0.2) is 18.2 Å². The van der Waals surface area contributed by atoms with Gasteiger partial charge in [-0.1, -0.05) is 11.6 Å². The Labute approximate surface area is 121 Å². The summed E-state index contributed by atoms with van der Waals surface area (Å²) in [6.45, 7) is 3.44. The highest BCUT2D eigenvalue weighted by molar-refractivity contribution is 6.31. The summed E-state index contributed by atoms with van der Waals surface area (Å²) in [7, 11) is 6.32. The molecule has 0 radical (unpaired) electrons. The molecule has 3 nitrogen and oxygen atoms in total. The molecule has 0 bridgehead atoms. The standard InChI is InChI=1S/C15H24ClN3/c1-18(2)15-7-6-13(16)9-14(15)17-10-12-5-4-8-19(3)11-12/h6-7,9,12,17H,4-5,8,10-11H2,1-3H3. The number of anilines is 2. The molecule has 0 aliphatic carbocycles. The van der Waals surface area contributed by atoms with Crippen LogP contribution < -0.4 is 10.2 Å². The number of rotatable bonds is 4. The van der Waals surface area contributed by atoms with Gasteiger partial charge in [0.15, 0.2) is 0 Å². The zero-order valence-corrected chi connectivity index (χ0v) is 12.9. The number of benzene rings is 1. The zero-order chi connectivity index (χ0) is 13.8. The van der Waals surface area contributed by atoms with Gasteiger partial charge in [0.05, 0.1) is 11.4 Å². The van der Waals surface area contributed by atoms with Crippen LogP contribution in [0.4, 0.5) is 11.4 Å². The number of hydrogen-bond donors (Lipinski definition) is 1. The van der Waals surface area contributed by atoms with Crippen molar-refractivity contribution < 1.29 is 0 Å². The molecule has 1 saturated heterocycles. The van der Waals surface area contributed by atoms with Crippen LogP contribution in [0.2, 0.25) is 5.02 Å². The van der Waals surface area contributed by atoms with Crippen molar-refractivity contribution >= 4 is 23.0 Å². The van der Waals surface area contributed by atoms with E-state index in [1.165, 1.54) is 31.6 Å². The van der Waals surface area contributed by atoms with E-state index in [1.807, 2.05) is 12.1 Å². The highest BCUT2D eigenvalue weighted by Gasteiger charge is 2.17. The summed E-state index contributed by atoms with van der Waals surface area (Å²) < 4.78 is 0. The van der Waals surface area contributed by atoms with E-state index in [0.29, 0.717) is 0 Å². The molecule has 1 aromatic carbocycles. The average molecular weight is 282 g/mol. The quantitative estimate of drug-likeness (QED) is 0.915. The van der Waals surface area contributed by atoms with Crippen LogP contribution in [-0.2, 0) is 0 Å². The van der Waals surface area contributed by atoms with Gasteiger partial charge in [0.2, 0.25) is 0 Å². The Balaban J connectivity index is 2.00. The topological polar surface area (TPSA) is 18.5 Å². The lowest BCUT2D eigenvalue weighted by molar-refractivity contribution is 0.217. The molecule has 1 atom stereocenters. The molecule has 0 aromatic heterocycles. The van der Waals surface area contributed by atoms with Crippen molar-refractivity contribution in [1.82, 2.24) is 4.90 Å². The summed E-state index contributed by atoms with van der Waals surface area (Å²) in [5.74, 6) is 0.729. The summed E-state index contributed by atoms with van der Waals surface area (Å²) in [5, 5.41) is 4.36. The van der Waals surface area contributed by atoms with E-state index in [1.54, 1.807) is 0 Å². The van der Waals surface area contributed by atoms with Crippen LogP contribution in [0.3, 0.4) is 0 Å². The lowest BCUT2D eigenvalue weighted by Gasteiger charge is -2.30. The first kappa shape index (κ1) is 14.5. The van der Waals surface area contributed by atoms with Gasteiger partial charge in [0.25, 0.3) is 0 Å². The molecule has 106 valence electrons. The molecular weight excluding hydrogens is 258 g/mol. The Hall–Kier alpha value is -0.930. The fraction of sp³-hybridized carbons (Fsp3) is 0.600. The largest absolute Gasteiger partial charge is 0.383 e. The van der Waals surface area contributed by atoms with Crippen LogP contribution in [-0.4, -0.2) is 45.7 Å². The maximum Gasteiger partial charge on any atom is 0.0597 e. The van der Waals surface area contributed by atoms with Crippen LogP contribution in [0.5, 0.6) is 0 Å². The molecule has 0 amide bonds. The van der Waals surface area contributed by atoms with Gasteiger partial charge in [-0.05, 0) is 50.6 Å². The third-order valence-corrected chi connectivity index (χ3v) is 3.98. The molecule has 1 aliphatic heterocycles. The van der Waals surface area contributed by atoms with Crippen molar-refractivity contribution in [3.05, 3.63) is 23.2 Å². The van der Waals surface area contributed by atoms with Crippen LogP contribution >= 0.6 is 11.6 Å². The second-order valence-corrected chi connectivity index (χ2v) is 6.14. The summed E-state index contributed by atoms with van der Waals surface area (Å²) in [4.78, 5) is 4.53. The van der Waals surface area contributed by atoms with Gasteiger partial charge in [-0.25, -0.2) is 0 Å². The van der Waals surface area contributed by atoms with E-state index in [9.17, 15) is 0 Å². The molecule has 0 spiro atoms. The Bertz CT molecular complexity index is 420. The minimum atomic E-state index is 0.729. The van der Waals surface area contributed by atoms with Gasteiger partial charge < -0.3 is 15.1 Å². The first-order valence-corrected chi connectivity index (χ1v) is 7.33. The lowest BCUT2D eigenvalue weighted by Crippen LogP contribution is -2.35. The molecule has 19 heavy (non-hydrogen) atoms. The predicted octanol–water partition coefficient (Wildman–Crippen LogP) is 3.16. The summed E-state index contributed by atoms with van der Waals surface area (Å²) in [5.41, 5.74) is 2.32. The third kappa shape index (κ3) is 4.02. The van der Waals surface area contributed by atoms with Gasteiger partial charge in [0, 0.05) is 32.2 Å². The Morgan fingerprint density at radius 1 is 1.42 bits per heavy atom. The van der Waals surface area contributed by atoms with Gasteiger partial charge in [-0.2, -0.15) is 0 Å². The summed E-state index contributed by atoms with van der Waals surface area (Å²) in [6, 6.07) is 6.03. The van der Waals surface area contributed by atoms with Crippen molar-refractivity contribution in [3.8, 4) is 0 Å². The van der Waals surface area contributed by atoms with E-state index in [4.69, 9.17) is 11.6 Å². The van der Waals surface area contributed by atoms with Crippen LogP contribution in [0, 0.1) is 5.92 Å². The molecule has 1 unspecified atom stereocenters. The molecule has 1 aliphatic rings. The molecule has 1 N–H and O–H groups in total. The smallest absolute Gasteiger partial charge is 0.0597 e. The fourth-order valence-electron chi connectivity index (χ4n) is 2.73. The van der Waals surface area contributed by atoms with Crippen molar-refractivity contribution in [2.75, 3.05) is 51.0 Å². The molecular formula is C15H24ClN3. The number of likely N-dealkylation sites (tertiary alicyclic amines) is 1. The van der Waals surface area contributed by atoms with Gasteiger partial charge in [0.1, 0.15) is 0 Å². The highest BCUT2D eigenvalue weighted by Crippen LogP contribution is 2.28. The summed E-state index contributed by atoms with van der Waals surface area (Å²) in [6.07, 6.45) is 2.62. The monoisotopic (exact) mass is 281 g/mol. The molecule has 1 heterocycles. The average Bonchev–Trinajstić information content (AvgIpc) is 2.36. The molecule has 1 fully saturated rings. The van der Waals surface area contributed by atoms with Crippen molar-refractivity contribution in [2.24, 2.45) is 5.92 Å². The van der Waals surface area contributed by atoms with E-state index in [-0.39, 0.29) is 0 Å². The molecule has 2 rings (SSSR count). The minimum absolute atomic E-state index is 0.729. The molecule has 4 heteroatoms. The molecule has 0 saturated carbocycles. The van der Waals surface area contributed by atoms with Crippen LogP contribution in [0.1, 0.15) is 12.8 Å². The van der Waals surface area contributed by atoms with E-state index in [0.717, 1.165) is 23.2 Å². The normalized spacial score (nSPS) is 20.3. The second-order valence-electron chi connectivity index (χ2n) is 5.71. The third-order valence-electron chi connectivity index (χ3n) is 3.74. The lowest BCUT2D eigenvalue weighted by atomic mass is 9.98. The predicted molar refractivity (Wildman–Crippen MR) is 84.5 cm³/mol. The van der Waals surface area contributed by atoms with E-state index in [2.05, 4.69) is 42.3 Å². The van der Waals surface area contributed by atoms with Crippen molar-refractivity contribution in [3.63, 3.8) is 0 Å². The SMILES string of the molecule is CN1CCCC(CNc2cc(Cl)ccc2N(C)C)C1. The number of nitrogens with one attached hydrogen (secondary N) is 1. The van der Waals surface area contributed by atoms with Gasteiger partial charge in [-0.3, -0.25) is 0 Å². The summed E-state index contributed by atoms with van der Waals surface area (Å²) >= 11 is 6.10.